The molecule has 1 heterocycles. The molecule has 0 aromatic carbocycles. The lowest BCUT2D eigenvalue weighted by Gasteiger charge is -2.27. The second-order valence-corrected chi connectivity index (χ2v) is 5.19. The molecule has 1 saturated heterocycles. The Morgan fingerprint density at radius 1 is 1.24 bits per heavy atom. The molecule has 0 saturated carbocycles. The third-order valence-corrected chi connectivity index (χ3v) is 3.59. The predicted molar refractivity (Wildman–Crippen MR) is 74.4 cm³/mol. The number of rotatable bonds is 7. The summed E-state index contributed by atoms with van der Waals surface area (Å²) in [6.07, 6.45) is 3.55. The van der Waals surface area contributed by atoms with E-state index in [1.54, 1.807) is 6.92 Å². The Bertz CT molecular complexity index is 378. The molecular weight excluding hydrogens is 276 g/mol. The highest BCUT2D eigenvalue weighted by Crippen LogP contribution is 2.36. The quantitative estimate of drug-likeness (QED) is 0.310. The Labute approximate surface area is 125 Å². The standard InChI is InChI=1S/C15H24O6/c1-3-19-13(17)15(8-4-6-10-20-12(2)16)9-5-7-11-21-14(15)18/h3-11H2,1-2H3. The molecule has 0 aliphatic carbocycles. The summed E-state index contributed by atoms with van der Waals surface area (Å²) in [5.74, 6) is -1.31. The molecule has 0 radical (unpaired) electrons. The van der Waals surface area contributed by atoms with Crippen LogP contribution in [0.25, 0.3) is 0 Å². The van der Waals surface area contributed by atoms with Crippen molar-refractivity contribution in [2.45, 2.75) is 52.4 Å². The van der Waals surface area contributed by atoms with Gasteiger partial charge in [-0.05, 0) is 45.4 Å². The van der Waals surface area contributed by atoms with Gasteiger partial charge in [0.15, 0.2) is 5.41 Å². The molecule has 1 atom stereocenters. The fourth-order valence-corrected chi connectivity index (χ4v) is 2.46. The summed E-state index contributed by atoms with van der Waals surface area (Å²) in [4.78, 5) is 35.2. The molecule has 1 aliphatic heterocycles. The van der Waals surface area contributed by atoms with Crippen molar-refractivity contribution in [3.05, 3.63) is 0 Å². The minimum atomic E-state index is -1.19. The molecule has 1 unspecified atom stereocenters. The second-order valence-electron chi connectivity index (χ2n) is 5.19. The predicted octanol–water partition coefficient (Wildman–Crippen LogP) is 2.00. The van der Waals surface area contributed by atoms with E-state index in [4.69, 9.17) is 14.2 Å². The van der Waals surface area contributed by atoms with Crippen molar-refractivity contribution >= 4 is 17.9 Å². The third kappa shape index (κ3) is 5.02. The van der Waals surface area contributed by atoms with Gasteiger partial charge in [-0.2, -0.15) is 0 Å². The lowest BCUT2D eigenvalue weighted by atomic mass is 9.78. The van der Waals surface area contributed by atoms with Gasteiger partial charge in [-0.25, -0.2) is 0 Å². The number of unbranched alkanes of at least 4 members (excludes halogenated alkanes) is 1. The van der Waals surface area contributed by atoms with E-state index in [2.05, 4.69) is 0 Å². The number of cyclic esters (lactones) is 1. The minimum absolute atomic E-state index is 0.237. The molecule has 0 N–H and O–H groups in total. The lowest BCUT2D eigenvalue weighted by molar-refractivity contribution is -0.172. The molecule has 6 heteroatoms. The van der Waals surface area contributed by atoms with Gasteiger partial charge in [-0.3, -0.25) is 14.4 Å². The van der Waals surface area contributed by atoms with Crippen LogP contribution in [0.5, 0.6) is 0 Å². The van der Waals surface area contributed by atoms with Crippen LogP contribution in [0.3, 0.4) is 0 Å². The molecule has 0 aromatic heterocycles. The Balaban J connectivity index is 2.65. The van der Waals surface area contributed by atoms with Crippen LogP contribution >= 0.6 is 0 Å². The van der Waals surface area contributed by atoms with Crippen molar-refractivity contribution in [1.29, 1.82) is 0 Å². The fraction of sp³-hybridized carbons (Fsp3) is 0.800. The van der Waals surface area contributed by atoms with Gasteiger partial charge in [0.05, 0.1) is 19.8 Å². The van der Waals surface area contributed by atoms with Crippen LogP contribution in [0.15, 0.2) is 0 Å². The number of esters is 3. The summed E-state index contributed by atoms with van der Waals surface area (Å²) in [5.41, 5.74) is -1.19. The van der Waals surface area contributed by atoms with Gasteiger partial charge in [0.25, 0.3) is 0 Å². The highest BCUT2D eigenvalue weighted by Gasteiger charge is 2.48. The largest absolute Gasteiger partial charge is 0.466 e. The summed E-state index contributed by atoms with van der Waals surface area (Å²) in [6, 6.07) is 0. The van der Waals surface area contributed by atoms with Crippen LogP contribution in [0.4, 0.5) is 0 Å². The second kappa shape index (κ2) is 8.64. The maximum Gasteiger partial charge on any atom is 0.323 e. The van der Waals surface area contributed by atoms with Crippen molar-refractivity contribution in [2.24, 2.45) is 5.41 Å². The van der Waals surface area contributed by atoms with E-state index in [9.17, 15) is 14.4 Å². The first-order valence-electron chi connectivity index (χ1n) is 7.50. The average Bonchev–Trinajstić information content (AvgIpc) is 2.61. The number of hydrogen-bond donors (Lipinski definition) is 0. The first kappa shape index (κ1) is 17.5. The number of ether oxygens (including phenoxy) is 3. The number of carbonyl (C=O) groups excluding carboxylic acids is 3. The summed E-state index contributed by atoms with van der Waals surface area (Å²) in [5, 5.41) is 0. The summed E-state index contributed by atoms with van der Waals surface area (Å²) in [7, 11) is 0. The SMILES string of the molecule is CCOC(=O)C1(CCCCOC(C)=O)CCCCOC1=O. The van der Waals surface area contributed by atoms with E-state index in [1.807, 2.05) is 0 Å². The van der Waals surface area contributed by atoms with E-state index in [-0.39, 0.29) is 12.6 Å². The van der Waals surface area contributed by atoms with Crippen molar-refractivity contribution < 1.29 is 28.6 Å². The zero-order valence-electron chi connectivity index (χ0n) is 12.8. The van der Waals surface area contributed by atoms with Crippen LogP contribution in [0.2, 0.25) is 0 Å². The van der Waals surface area contributed by atoms with Gasteiger partial charge in [-0.1, -0.05) is 0 Å². The molecule has 6 nitrogen and oxygen atoms in total. The van der Waals surface area contributed by atoms with Gasteiger partial charge in [0, 0.05) is 6.92 Å². The van der Waals surface area contributed by atoms with Crippen LogP contribution < -0.4 is 0 Å². The molecule has 0 aromatic rings. The van der Waals surface area contributed by atoms with Crippen molar-refractivity contribution in [2.75, 3.05) is 19.8 Å². The Morgan fingerprint density at radius 3 is 2.67 bits per heavy atom. The summed E-state index contributed by atoms with van der Waals surface area (Å²) in [6.45, 7) is 3.95. The van der Waals surface area contributed by atoms with Crippen LogP contribution in [-0.4, -0.2) is 37.7 Å². The van der Waals surface area contributed by atoms with Gasteiger partial charge >= 0.3 is 17.9 Å². The number of carbonyl (C=O) groups is 3. The third-order valence-electron chi connectivity index (χ3n) is 3.59. The first-order valence-corrected chi connectivity index (χ1v) is 7.50. The average molecular weight is 300 g/mol. The highest BCUT2D eigenvalue weighted by molar-refractivity contribution is 6.00. The molecule has 120 valence electrons. The van der Waals surface area contributed by atoms with Crippen molar-refractivity contribution in [3.63, 3.8) is 0 Å². The molecule has 1 rings (SSSR count). The van der Waals surface area contributed by atoms with Crippen LogP contribution in [-0.2, 0) is 28.6 Å². The molecule has 1 aliphatic rings. The Kier molecular flexibility index (Phi) is 7.19. The van der Waals surface area contributed by atoms with Crippen molar-refractivity contribution in [3.8, 4) is 0 Å². The monoisotopic (exact) mass is 300 g/mol. The molecule has 1 fully saturated rings. The maximum absolute atomic E-state index is 12.2. The summed E-state index contributed by atoms with van der Waals surface area (Å²) >= 11 is 0. The zero-order chi connectivity index (χ0) is 15.7. The van der Waals surface area contributed by atoms with E-state index in [1.165, 1.54) is 6.92 Å². The molecule has 0 bridgehead atoms. The Hall–Kier alpha value is -1.59. The van der Waals surface area contributed by atoms with E-state index in [0.717, 1.165) is 12.8 Å². The highest BCUT2D eigenvalue weighted by atomic mass is 16.6. The molecule has 21 heavy (non-hydrogen) atoms. The lowest BCUT2D eigenvalue weighted by Crippen LogP contribution is -2.41. The molecular formula is C15H24O6. The van der Waals surface area contributed by atoms with Crippen LogP contribution in [0.1, 0.15) is 52.4 Å². The smallest absolute Gasteiger partial charge is 0.323 e. The van der Waals surface area contributed by atoms with Crippen LogP contribution in [0, 0.1) is 5.41 Å². The zero-order valence-corrected chi connectivity index (χ0v) is 12.8. The van der Waals surface area contributed by atoms with E-state index < -0.39 is 17.4 Å². The van der Waals surface area contributed by atoms with Gasteiger partial charge in [0.1, 0.15) is 0 Å². The van der Waals surface area contributed by atoms with Gasteiger partial charge in [0.2, 0.25) is 0 Å². The maximum atomic E-state index is 12.2. The minimum Gasteiger partial charge on any atom is -0.466 e. The van der Waals surface area contributed by atoms with E-state index in [0.29, 0.717) is 38.9 Å². The van der Waals surface area contributed by atoms with Gasteiger partial charge in [-0.15, -0.1) is 0 Å². The van der Waals surface area contributed by atoms with Gasteiger partial charge < -0.3 is 14.2 Å². The summed E-state index contributed by atoms with van der Waals surface area (Å²) < 4.78 is 15.1. The molecule has 0 spiro atoms. The van der Waals surface area contributed by atoms with E-state index >= 15 is 0 Å². The topological polar surface area (TPSA) is 78.9 Å². The first-order chi connectivity index (χ1) is 10.0. The fourth-order valence-electron chi connectivity index (χ4n) is 2.46. The molecule has 0 amide bonds. The van der Waals surface area contributed by atoms with Crippen molar-refractivity contribution in [1.82, 2.24) is 0 Å². The normalized spacial score (nSPS) is 22.1. The Morgan fingerprint density at radius 2 is 2.00 bits per heavy atom. The number of hydrogen-bond acceptors (Lipinski definition) is 6.